The monoisotopic (exact) mass is 328 g/mol. The highest BCUT2D eigenvalue weighted by Crippen LogP contribution is 2.11. The standard InChI is InChI=1S/C19H36O4/c1-4-5-6-7-8-9-10-11-12-13-14-15-22-18(20)19(21)23-16-17(2)3/h17H,4-16H2,1-3H3. The molecule has 0 saturated heterocycles. The fraction of sp³-hybridized carbons (Fsp3) is 0.895. The van der Waals surface area contributed by atoms with Crippen LogP contribution in [0.5, 0.6) is 0 Å². The highest BCUT2D eigenvalue weighted by Gasteiger charge is 2.17. The summed E-state index contributed by atoms with van der Waals surface area (Å²) in [5, 5.41) is 0. The summed E-state index contributed by atoms with van der Waals surface area (Å²) in [6.07, 6.45) is 13.7. The topological polar surface area (TPSA) is 52.6 Å². The lowest BCUT2D eigenvalue weighted by molar-refractivity contribution is -0.168. The summed E-state index contributed by atoms with van der Waals surface area (Å²) in [6, 6.07) is 0. The second-order valence-corrected chi connectivity index (χ2v) is 6.66. The van der Waals surface area contributed by atoms with Gasteiger partial charge in [0.15, 0.2) is 0 Å². The van der Waals surface area contributed by atoms with E-state index in [9.17, 15) is 9.59 Å². The van der Waals surface area contributed by atoms with Gasteiger partial charge in [0.1, 0.15) is 0 Å². The predicted octanol–water partition coefficient (Wildman–Crippen LogP) is 5.04. The number of unbranched alkanes of at least 4 members (excludes halogenated alkanes) is 10. The van der Waals surface area contributed by atoms with Gasteiger partial charge in [0.25, 0.3) is 0 Å². The van der Waals surface area contributed by atoms with E-state index in [1.807, 2.05) is 13.8 Å². The van der Waals surface area contributed by atoms with Gasteiger partial charge < -0.3 is 9.47 Å². The number of rotatable bonds is 14. The Hall–Kier alpha value is -1.06. The zero-order valence-electron chi connectivity index (χ0n) is 15.4. The van der Waals surface area contributed by atoms with Crippen molar-refractivity contribution in [2.24, 2.45) is 5.92 Å². The van der Waals surface area contributed by atoms with Gasteiger partial charge in [-0.2, -0.15) is 0 Å². The SMILES string of the molecule is CCCCCCCCCCCCCOC(=O)C(=O)OCC(C)C. The third kappa shape index (κ3) is 15.6. The van der Waals surface area contributed by atoms with Crippen molar-refractivity contribution < 1.29 is 19.1 Å². The second-order valence-electron chi connectivity index (χ2n) is 6.66. The minimum Gasteiger partial charge on any atom is -0.457 e. The number of carbonyl (C=O) groups is 2. The van der Waals surface area contributed by atoms with Crippen molar-refractivity contribution in [3.8, 4) is 0 Å². The quantitative estimate of drug-likeness (QED) is 0.255. The summed E-state index contributed by atoms with van der Waals surface area (Å²) in [5.74, 6) is -1.52. The van der Waals surface area contributed by atoms with Crippen molar-refractivity contribution in [2.75, 3.05) is 13.2 Å². The fourth-order valence-corrected chi connectivity index (χ4v) is 2.29. The lowest BCUT2D eigenvalue weighted by atomic mass is 10.1. The van der Waals surface area contributed by atoms with Gasteiger partial charge in [0.05, 0.1) is 13.2 Å². The van der Waals surface area contributed by atoms with Crippen LogP contribution in [-0.2, 0) is 19.1 Å². The first-order chi connectivity index (χ1) is 11.1. The van der Waals surface area contributed by atoms with E-state index in [1.54, 1.807) is 0 Å². The van der Waals surface area contributed by atoms with Crippen molar-refractivity contribution >= 4 is 11.9 Å². The second kappa shape index (κ2) is 15.8. The van der Waals surface area contributed by atoms with Crippen LogP contribution in [0.3, 0.4) is 0 Å². The molecule has 0 radical (unpaired) electrons. The third-order valence-electron chi connectivity index (χ3n) is 3.70. The Labute approximate surface area is 142 Å². The molecular formula is C19H36O4. The molecule has 0 rings (SSSR count). The molecule has 0 N–H and O–H groups in total. The van der Waals surface area contributed by atoms with Crippen LogP contribution in [0.4, 0.5) is 0 Å². The summed E-state index contributed by atoms with van der Waals surface area (Å²) < 4.78 is 9.71. The van der Waals surface area contributed by atoms with E-state index in [4.69, 9.17) is 9.47 Å². The third-order valence-corrected chi connectivity index (χ3v) is 3.70. The molecule has 0 atom stereocenters. The van der Waals surface area contributed by atoms with Crippen molar-refractivity contribution in [1.29, 1.82) is 0 Å². The normalized spacial score (nSPS) is 10.8. The molecule has 0 aliphatic rings. The van der Waals surface area contributed by atoms with E-state index in [1.165, 1.54) is 57.8 Å². The number of carbonyl (C=O) groups excluding carboxylic acids is 2. The molecule has 0 aromatic rings. The van der Waals surface area contributed by atoms with Gasteiger partial charge in [-0.25, -0.2) is 9.59 Å². The largest absolute Gasteiger partial charge is 0.457 e. The van der Waals surface area contributed by atoms with E-state index in [2.05, 4.69) is 6.92 Å². The molecule has 0 aromatic carbocycles. The minimum absolute atomic E-state index is 0.221. The first kappa shape index (κ1) is 21.9. The van der Waals surface area contributed by atoms with Crippen molar-refractivity contribution in [2.45, 2.75) is 91.4 Å². The molecule has 0 bridgehead atoms. The molecule has 0 amide bonds. The number of hydrogen-bond donors (Lipinski definition) is 0. The molecule has 0 heterocycles. The summed E-state index contributed by atoms with van der Waals surface area (Å²) in [4.78, 5) is 22.6. The Bertz CT molecular complexity index is 300. The number of hydrogen-bond acceptors (Lipinski definition) is 4. The molecule has 136 valence electrons. The minimum atomic E-state index is -0.873. The van der Waals surface area contributed by atoms with E-state index in [-0.39, 0.29) is 12.5 Å². The molecule has 4 heteroatoms. The van der Waals surface area contributed by atoms with E-state index >= 15 is 0 Å². The Kier molecular flexibility index (Phi) is 15.1. The predicted molar refractivity (Wildman–Crippen MR) is 93.2 cm³/mol. The van der Waals surface area contributed by atoms with Crippen LogP contribution in [0.25, 0.3) is 0 Å². The Morgan fingerprint density at radius 3 is 1.61 bits per heavy atom. The summed E-state index contributed by atoms with van der Waals surface area (Å²) >= 11 is 0. The van der Waals surface area contributed by atoms with Gasteiger partial charge in [0.2, 0.25) is 0 Å². The fourth-order valence-electron chi connectivity index (χ4n) is 2.29. The lowest BCUT2D eigenvalue weighted by Crippen LogP contribution is -2.22. The number of ether oxygens (including phenoxy) is 2. The Morgan fingerprint density at radius 1 is 0.696 bits per heavy atom. The first-order valence-corrected chi connectivity index (χ1v) is 9.41. The van der Waals surface area contributed by atoms with Crippen LogP contribution in [0.1, 0.15) is 91.4 Å². The average molecular weight is 328 g/mol. The van der Waals surface area contributed by atoms with Crippen molar-refractivity contribution in [1.82, 2.24) is 0 Å². The highest BCUT2D eigenvalue weighted by molar-refractivity contribution is 6.29. The van der Waals surface area contributed by atoms with Crippen LogP contribution in [0.15, 0.2) is 0 Å². The van der Waals surface area contributed by atoms with E-state index in [0.29, 0.717) is 6.61 Å². The molecule has 0 unspecified atom stereocenters. The molecule has 4 nitrogen and oxygen atoms in total. The maximum Gasteiger partial charge on any atom is 0.417 e. The van der Waals surface area contributed by atoms with Gasteiger partial charge in [-0.3, -0.25) is 0 Å². The summed E-state index contributed by atoms with van der Waals surface area (Å²) in [5.41, 5.74) is 0. The highest BCUT2D eigenvalue weighted by atomic mass is 16.6. The van der Waals surface area contributed by atoms with Gasteiger partial charge in [-0.1, -0.05) is 85.0 Å². The molecular weight excluding hydrogens is 292 g/mol. The smallest absolute Gasteiger partial charge is 0.417 e. The molecule has 0 saturated carbocycles. The zero-order chi connectivity index (χ0) is 17.3. The zero-order valence-corrected chi connectivity index (χ0v) is 15.4. The van der Waals surface area contributed by atoms with E-state index in [0.717, 1.165) is 12.8 Å². The molecule has 23 heavy (non-hydrogen) atoms. The first-order valence-electron chi connectivity index (χ1n) is 9.41. The van der Waals surface area contributed by atoms with Crippen molar-refractivity contribution in [3.63, 3.8) is 0 Å². The van der Waals surface area contributed by atoms with Gasteiger partial charge in [-0.15, -0.1) is 0 Å². The van der Waals surface area contributed by atoms with Gasteiger partial charge >= 0.3 is 11.9 Å². The maximum atomic E-state index is 11.3. The molecule has 0 spiro atoms. The van der Waals surface area contributed by atoms with Crippen LogP contribution < -0.4 is 0 Å². The van der Waals surface area contributed by atoms with Crippen LogP contribution in [0.2, 0.25) is 0 Å². The average Bonchev–Trinajstić information content (AvgIpc) is 2.53. The van der Waals surface area contributed by atoms with E-state index < -0.39 is 11.9 Å². The van der Waals surface area contributed by atoms with Crippen LogP contribution in [-0.4, -0.2) is 25.2 Å². The Morgan fingerprint density at radius 2 is 1.13 bits per heavy atom. The summed E-state index contributed by atoms with van der Waals surface area (Å²) in [6.45, 7) is 6.65. The van der Waals surface area contributed by atoms with Crippen LogP contribution in [0, 0.1) is 5.92 Å². The van der Waals surface area contributed by atoms with Crippen molar-refractivity contribution in [3.05, 3.63) is 0 Å². The number of esters is 2. The van der Waals surface area contributed by atoms with Crippen LogP contribution >= 0.6 is 0 Å². The maximum absolute atomic E-state index is 11.3. The lowest BCUT2D eigenvalue weighted by Gasteiger charge is -2.07. The summed E-state index contributed by atoms with van der Waals surface area (Å²) in [7, 11) is 0. The molecule has 0 aliphatic heterocycles. The Balaban J connectivity index is 3.29. The van der Waals surface area contributed by atoms with Gasteiger partial charge in [-0.05, 0) is 12.3 Å². The molecule has 0 aromatic heterocycles. The molecule has 0 aliphatic carbocycles. The van der Waals surface area contributed by atoms with Gasteiger partial charge in [0, 0.05) is 0 Å². The molecule has 0 fully saturated rings.